The van der Waals surface area contributed by atoms with Crippen LogP contribution in [0.15, 0.2) is 54.6 Å². The van der Waals surface area contributed by atoms with Crippen molar-refractivity contribution in [2.24, 2.45) is 5.92 Å². The topological polar surface area (TPSA) is 20.3 Å². The Morgan fingerprint density at radius 1 is 1.00 bits per heavy atom. The maximum atomic E-state index is 12.1. The molecule has 102 valence electrons. The molecule has 0 N–H and O–H groups in total. The number of aryl methyl sites for hydroxylation is 1. The number of β-lactam (4-membered cyclic amide) rings is 1. The van der Waals surface area contributed by atoms with E-state index in [0.29, 0.717) is 6.54 Å². The van der Waals surface area contributed by atoms with Crippen LogP contribution in [0.4, 0.5) is 0 Å². The van der Waals surface area contributed by atoms with Crippen LogP contribution in [-0.2, 0) is 11.3 Å². The largest absolute Gasteiger partial charge is 0.330 e. The van der Waals surface area contributed by atoms with Gasteiger partial charge in [-0.05, 0) is 18.1 Å². The number of rotatable bonds is 3. The lowest BCUT2D eigenvalue weighted by Gasteiger charge is -2.46. The monoisotopic (exact) mass is 265 g/mol. The van der Waals surface area contributed by atoms with Gasteiger partial charge in [-0.25, -0.2) is 0 Å². The third-order valence-electron chi connectivity index (χ3n) is 4.10. The zero-order valence-corrected chi connectivity index (χ0v) is 11.9. The van der Waals surface area contributed by atoms with Crippen molar-refractivity contribution in [3.63, 3.8) is 0 Å². The van der Waals surface area contributed by atoms with Gasteiger partial charge in [-0.15, -0.1) is 0 Å². The Hall–Kier alpha value is -2.09. The molecule has 2 aromatic rings. The Labute approximate surface area is 120 Å². The lowest BCUT2D eigenvalue weighted by molar-refractivity contribution is -0.156. The van der Waals surface area contributed by atoms with Gasteiger partial charge in [0.1, 0.15) is 0 Å². The highest BCUT2D eigenvalue weighted by Gasteiger charge is 2.44. The molecule has 0 bridgehead atoms. The minimum Gasteiger partial charge on any atom is -0.330 e. The molecule has 1 aliphatic rings. The van der Waals surface area contributed by atoms with E-state index in [9.17, 15) is 4.79 Å². The van der Waals surface area contributed by atoms with Crippen molar-refractivity contribution in [1.29, 1.82) is 0 Å². The molecule has 0 aromatic heterocycles. The van der Waals surface area contributed by atoms with Crippen molar-refractivity contribution in [1.82, 2.24) is 4.90 Å². The summed E-state index contributed by atoms with van der Waals surface area (Å²) < 4.78 is 0. The van der Waals surface area contributed by atoms with E-state index < -0.39 is 0 Å². The molecule has 2 unspecified atom stereocenters. The quantitative estimate of drug-likeness (QED) is 0.775. The van der Waals surface area contributed by atoms with Gasteiger partial charge in [0.25, 0.3) is 0 Å². The fraction of sp³-hybridized carbons (Fsp3) is 0.278. The molecule has 1 amide bonds. The molecule has 0 spiro atoms. The average Bonchev–Trinajstić information content (AvgIpc) is 2.49. The summed E-state index contributed by atoms with van der Waals surface area (Å²) >= 11 is 0. The standard InChI is InChI=1S/C18H19NO/c1-13-8-10-16(11-9-13)17-14(2)18(20)19(17)12-15-6-4-3-5-7-15/h3-11,14,17H,12H2,1-2H3. The molecule has 2 aromatic carbocycles. The summed E-state index contributed by atoms with van der Waals surface area (Å²) in [5.41, 5.74) is 3.67. The second-order valence-corrected chi connectivity index (χ2v) is 5.60. The van der Waals surface area contributed by atoms with Gasteiger partial charge >= 0.3 is 0 Å². The Balaban J connectivity index is 1.82. The van der Waals surface area contributed by atoms with Crippen LogP contribution in [0, 0.1) is 12.8 Å². The third-order valence-corrected chi connectivity index (χ3v) is 4.10. The summed E-state index contributed by atoms with van der Waals surface area (Å²) in [6, 6.07) is 18.9. The molecule has 0 saturated carbocycles. The summed E-state index contributed by atoms with van der Waals surface area (Å²) in [6.07, 6.45) is 0. The highest BCUT2D eigenvalue weighted by Crippen LogP contribution is 2.40. The Morgan fingerprint density at radius 3 is 2.30 bits per heavy atom. The second-order valence-electron chi connectivity index (χ2n) is 5.60. The molecule has 2 atom stereocenters. The average molecular weight is 265 g/mol. The molecule has 20 heavy (non-hydrogen) atoms. The number of hydrogen-bond donors (Lipinski definition) is 0. The van der Waals surface area contributed by atoms with Crippen LogP contribution in [0.1, 0.15) is 29.7 Å². The highest BCUT2D eigenvalue weighted by atomic mass is 16.2. The van der Waals surface area contributed by atoms with Gasteiger partial charge in [-0.2, -0.15) is 0 Å². The van der Waals surface area contributed by atoms with Crippen LogP contribution < -0.4 is 0 Å². The summed E-state index contributed by atoms with van der Waals surface area (Å²) in [5.74, 6) is 0.334. The Bertz CT molecular complexity index is 603. The molecule has 0 aliphatic carbocycles. The second kappa shape index (κ2) is 5.12. The summed E-state index contributed by atoms with van der Waals surface area (Å²) in [7, 11) is 0. The van der Waals surface area contributed by atoms with E-state index in [1.807, 2.05) is 30.0 Å². The number of nitrogens with zero attached hydrogens (tertiary/aromatic N) is 1. The van der Waals surface area contributed by atoms with Crippen LogP contribution in [0.5, 0.6) is 0 Å². The minimum atomic E-state index is 0.0846. The fourth-order valence-electron chi connectivity index (χ4n) is 2.91. The first-order chi connectivity index (χ1) is 9.66. The first-order valence-corrected chi connectivity index (χ1v) is 7.08. The molecule has 2 heteroatoms. The Morgan fingerprint density at radius 2 is 1.65 bits per heavy atom. The number of carbonyl (C=O) groups excluding carboxylic acids is 1. The van der Waals surface area contributed by atoms with Crippen molar-refractivity contribution < 1.29 is 4.79 Å². The highest BCUT2D eigenvalue weighted by molar-refractivity contribution is 5.86. The molecule has 0 radical (unpaired) electrons. The minimum absolute atomic E-state index is 0.0846. The van der Waals surface area contributed by atoms with Crippen LogP contribution >= 0.6 is 0 Å². The van der Waals surface area contributed by atoms with Gasteiger partial charge < -0.3 is 4.90 Å². The van der Waals surface area contributed by atoms with Crippen molar-refractivity contribution in [3.8, 4) is 0 Å². The molecular formula is C18H19NO. The molecule has 1 saturated heterocycles. The van der Waals surface area contributed by atoms with Crippen molar-refractivity contribution in [2.45, 2.75) is 26.4 Å². The van der Waals surface area contributed by atoms with E-state index in [0.717, 1.165) is 0 Å². The van der Waals surface area contributed by atoms with Gasteiger partial charge in [0, 0.05) is 6.54 Å². The summed E-state index contributed by atoms with van der Waals surface area (Å²) in [5, 5.41) is 0. The molecular weight excluding hydrogens is 246 g/mol. The maximum absolute atomic E-state index is 12.1. The zero-order valence-electron chi connectivity index (χ0n) is 11.9. The van der Waals surface area contributed by atoms with Crippen LogP contribution in [-0.4, -0.2) is 10.8 Å². The zero-order chi connectivity index (χ0) is 14.1. The lowest BCUT2D eigenvalue weighted by Crippen LogP contribution is -2.52. The summed E-state index contributed by atoms with van der Waals surface area (Å²) in [4.78, 5) is 14.1. The maximum Gasteiger partial charge on any atom is 0.228 e. The van der Waals surface area contributed by atoms with Crippen LogP contribution in [0.2, 0.25) is 0 Å². The predicted molar refractivity (Wildman–Crippen MR) is 80.1 cm³/mol. The Kier molecular flexibility index (Phi) is 3.31. The van der Waals surface area contributed by atoms with Crippen LogP contribution in [0.3, 0.4) is 0 Å². The van der Waals surface area contributed by atoms with E-state index in [-0.39, 0.29) is 17.9 Å². The lowest BCUT2D eigenvalue weighted by atomic mass is 9.83. The van der Waals surface area contributed by atoms with Gasteiger partial charge in [0.2, 0.25) is 5.91 Å². The van der Waals surface area contributed by atoms with Gasteiger partial charge in [0.05, 0.1) is 12.0 Å². The molecule has 3 rings (SSSR count). The van der Waals surface area contributed by atoms with E-state index in [1.54, 1.807) is 0 Å². The number of amides is 1. The smallest absolute Gasteiger partial charge is 0.228 e. The first kappa shape index (κ1) is 12.9. The first-order valence-electron chi connectivity index (χ1n) is 7.08. The van der Waals surface area contributed by atoms with Gasteiger partial charge in [-0.3, -0.25) is 4.79 Å². The SMILES string of the molecule is Cc1ccc(C2C(C)C(=O)N2Cc2ccccc2)cc1. The fourth-order valence-corrected chi connectivity index (χ4v) is 2.91. The number of benzene rings is 2. The number of likely N-dealkylation sites (tertiary alicyclic amines) is 1. The molecule has 2 nitrogen and oxygen atoms in total. The van der Waals surface area contributed by atoms with Crippen molar-refractivity contribution >= 4 is 5.91 Å². The number of carbonyl (C=O) groups is 1. The van der Waals surface area contributed by atoms with Crippen molar-refractivity contribution in [2.75, 3.05) is 0 Å². The van der Waals surface area contributed by atoms with E-state index in [2.05, 4.69) is 43.3 Å². The molecule has 1 fully saturated rings. The van der Waals surface area contributed by atoms with E-state index >= 15 is 0 Å². The van der Waals surface area contributed by atoms with Crippen LogP contribution in [0.25, 0.3) is 0 Å². The van der Waals surface area contributed by atoms with Crippen molar-refractivity contribution in [3.05, 3.63) is 71.3 Å². The summed E-state index contributed by atoms with van der Waals surface area (Å²) in [6.45, 7) is 4.80. The normalized spacial score (nSPS) is 21.7. The van der Waals surface area contributed by atoms with Gasteiger partial charge in [0.15, 0.2) is 0 Å². The number of hydrogen-bond acceptors (Lipinski definition) is 1. The van der Waals surface area contributed by atoms with E-state index in [4.69, 9.17) is 0 Å². The van der Waals surface area contributed by atoms with Gasteiger partial charge in [-0.1, -0.05) is 67.1 Å². The predicted octanol–water partition coefficient (Wildman–Crippen LogP) is 3.71. The molecule has 1 heterocycles. The third kappa shape index (κ3) is 2.22. The molecule has 1 aliphatic heterocycles. The van der Waals surface area contributed by atoms with E-state index in [1.165, 1.54) is 16.7 Å².